The largest absolute Gasteiger partial charge is 0.508 e. The van der Waals surface area contributed by atoms with Crippen LogP contribution in [0, 0.1) is 0 Å². The van der Waals surface area contributed by atoms with Gasteiger partial charge in [-0.15, -0.1) is 0 Å². The number of hydrogen-bond acceptors (Lipinski definition) is 8. The summed E-state index contributed by atoms with van der Waals surface area (Å²) in [7, 11) is 1.58. The second-order valence-electron chi connectivity index (χ2n) is 9.66. The van der Waals surface area contributed by atoms with Gasteiger partial charge in [0.2, 0.25) is 0 Å². The van der Waals surface area contributed by atoms with E-state index in [2.05, 4.69) is 5.32 Å². The van der Waals surface area contributed by atoms with Crippen LogP contribution in [-0.2, 0) is 22.8 Å². The van der Waals surface area contributed by atoms with Gasteiger partial charge in [-0.1, -0.05) is 42.5 Å². The number of hydrogen-bond donors (Lipinski definition) is 2. The number of ether oxygens (including phenoxy) is 4. The zero-order valence-electron chi connectivity index (χ0n) is 24.1. The Kier molecular flexibility index (Phi) is 9.10. The molecule has 0 saturated carbocycles. The first kappa shape index (κ1) is 29.7. The molecule has 44 heavy (non-hydrogen) atoms. The Bertz CT molecular complexity index is 1700. The molecule has 1 aliphatic rings. The Morgan fingerprint density at radius 2 is 1.43 bits per heavy atom. The number of benzene rings is 4. The number of nitrogens with one attached hydrogen (secondary N) is 1. The van der Waals surface area contributed by atoms with E-state index in [0.717, 1.165) is 16.0 Å². The maximum absolute atomic E-state index is 13.2. The summed E-state index contributed by atoms with van der Waals surface area (Å²) in [6.45, 7) is 2.79. The van der Waals surface area contributed by atoms with Gasteiger partial charge in [-0.3, -0.25) is 14.9 Å². The van der Waals surface area contributed by atoms with Gasteiger partial charge in [-0.25, -0.2) is 9.69 Å². The van der Waals surface area contributed by atoms with E-state index in [1.807, 2.05) is 55.5 Å². The lowest BCUT2D eigenvalue weighted by Gasteiger charge is -2.26. The van der Waals surface area contributed by atoms with E-state index in [1.165, 1.54) is 30.3 Å². The van der Waals surface area contributed by atoms with Crippen molar-refractivity contribution in [1.29, 1.82) is 0 Å². The van der Waals surface area contributed by atoms with Gasteiger partial charge in [0.1, 0.15) is 24.5 Å². The number of nitrogens with zero attached hydrogens (tertiary/aromatic N) is 1. The number of phenols is 1. The SMILES string of the molecule is CCOc1cc(/C=C2/C(=O)NC(=O)N(c3ccc(O)cc3)C2=O)ccc1OCc1ccc(OCc2ccccc2)c(OC)c1. The lowest BCUT2D eigenvalue weighted by molar-refractivity contribution is -0.122. The van der Waals surface area contributed by atoms with Crippen LogP contribution in [0.15, 0.2) is 96.6 Å². The third kappa shape index (κ3) is 6.81. The van der Waals surface area contributed by atoms with Crippen LogP contribution in [0.25, 0.3) is 6.08 Å². The summed E-state index contributed by atoms with van der Waals surface area (Å²) in [5, 5.41) is 11.7. The van der Waals surface area contributed by atoms with Crippen LogP contribution < -0.4 is 29.2 Å². The van der Waals surface area contributed by atoms with E-state index in [0.29, 0.717) is 41.8 Å². The number of methoxy groups -OCH3 is 1. The summed E-state index contributed by atoms with van der Waals surface area (Å²) in [4.78, 5) is 39.1. The minimum Gasteiger partial charge on any atom is -0.508 e. The molecule has 1 saturated heterocycles. The summed E-state index contributed by atoms with van der Waals surface area (Å²) >= 11 is 0. The minimum atomic E-state index is -0.881. The van der Waals surface area contributed by atoms with Gasteiger partial charge in [0.25, 0.3) is 11.8 Å². The first-order valence-corrected chi connectivity index (χ1v) is 13.8. The zero-order chi connectivity index (χ0) is 31.1. The van der Waals surface area contributed by atoms with Gasteiger partial charge < -0.3 is 24.1 Å². The maximum Gasteiger partial charge on any atom is 0.335 e. The summed E-state index contributed by atoms with van der Waals surface area (Å²) in [6.07, 6.45) is 1.38. The van der Waals surface area contributed by atoms with Crippen molar-refractivity contribution in [2.75, 3.05) is 18.6 Å². The fraction of sp³-hybridized carbons (Fsp3) is 0.147. The predicted octanol–water partition coefficient (Wildman–Crippen LogP) is 5.62. The van der Waals surface area contributed by atoms with Crippen molar-refractivity contribution < 1.29 is 38.4 Å². The molecule has 1 heterocycles. The molecule has 10 nitrogen and oxygen atoms in total. The van der Waals surface area contributed by atoms with E-state index in [1.54, 1.807) is 25.3 Å². The standard InChI is InChI=1S/C34H30N2O8/c1-3-42-31-18-23(17-27-32(38)35-34(40)36(33(27)39)25-11-13-26(37)14-12-25)9-15-29(31)44-21-24-10-16-28(30(19-24)41-2)43-20-22-7-5-4-6-8-22/h4-19,37H,3,20-21H2,1-2H3,(H,35,38,40)/b27-17-. The van der Waals surface area contributed by atoms with Crippen LogP contribution in [0.3, 0.4) is 0 Å². The molecule has 4 aromatic rings. The van der Waals surface area contributed by atoms with Crippen LogP contribution in [-0.4, -0.2) is 36.7 Å². The van der Waals surface area contributed by atoms with Crippen molar-refractivity contribution in [1.82, 2.24) is 5.32 Å². The molecule has 0 bridgehead atoms. The van der Waals surface area contributed by atoms with E-state index >= 15 is 0 Å². The first-order chi connectivity index (χ1) is 21.4. The Morgan fingerprint density at radius 3 is 2.14 bits per heavy atom. The number of phenolic OH excluding ortho intramolecular Hbond substituents is 1. The molecule has 0 atom stereocenters. The number of aromatic hydroxyl groups is 1. The first-order valence-electron chi connectivity index (χ1n) is 13.8. The molecule has 4 aromatic carbocycles. The van der Waals surface area contributed by atoms with Gasteiger partial charge >= 0.3 is 6.03 Å². The van der Waals surface area contributed by atoms with E-state index in [9.17, 15) is 19.5 Å². The van der Waals surface area contributed by atoms with Gasteiger partial charge in [0, 0.05) is 0 Å². The van der Waals surface area contributed by atoms with Crippen molar-refractivity contribution >= 4 is 29.6 Å². The van der Waals surface area contributed by atoms with Crippen molar-refractivity contribution in [3.05, 3.63) is 113 Å². The molecular weight excluding hydrogens is 564 g/mol. The fourth-order valence-electron chi connectivity index (χ4n) is 4.48. The van der Waals surface area contributed by atoms with Crippen molar-refractivity contribution in [2.24, 2.45) is 0 Å². The highest BCUT2D eigenvalue weighted by Crippen LogP contribution is 2.33. The number of carbonyl (C=O) groups is 3. The number of urea groups is 1. The van der Waals surface area contributed by atoms with Gasteiger partial charge in [0.15, 0.2) is 23.0 Å². The van der Waals surface area contributed by atoms with Crippen LogP contribution in [0.5, 0.6) is 28.7 Å². The van der Waals surface area contributed by atoms with E-state index in [-0.39, 0.29) is 23.6 Å². The monoisotopic (exact) mass is 594 g/mol. The number of rotatable bonds is 11. The van der Waals surface area contributed by atoms with Crippen molar-refractivity contribution in [3.8, 4) is 28.7 Å². The molecule has 2 N–H and O–H groups in total. The molecule has 0 unspecified atom stereocenters. The highest BCUT2D eigenvalue weighted by atomic mass is 16.5. The highest BCUT2D eigenvalue weighted by molar-refractivity contribution is 6.39. The molecule has 4 amide bonds. The van der Waals surface area contributed by atoms with Gasteiger partial charge in [-0.05, 0) is 78.2 Å². The van der Waals surface area contributed by atoms with Crippen molar-refractivity contribution in [3.63, 3.8) is 0 Å². The van der Waals surface area contributed by atoms with E-state index in [4.69, 9.17) is 18.9 Å². The normalized spacial score (nSPS) is 13.9. The Labute approximate surface area is 254 Å². The number of carbonyl (C=O) groups excluding carboxylic acids is 3. The average Bonchev–Trinajstić information content (AvgIpc) is 3.03. The lowest BCUT2D eigenvalue weighted by atomic mass is 10.1. The number of amides is 4. The van der Waals surface area contributed by atoms with Crippen LogP contribution >= 0.6 is 0 Å². The second-order valence-corrected chi connectivity index (χ2v) is 9.66. The number of barbiturate groups is 1. The molecule has 224 valence electrons. The summed E-state index contributed by atoms with van der Waals surface area (Å²) in [5.74, 6) is 0.403. The smallest absolute Gasteiger partial charge is 0.335 e. The van der Waals surface area contributed by atoms with Crippen molar-refractivity contribution in [2.45, 2.75) is 20.1 Å². The third-order valence-corrected chi connectivity index (χ3v) is 6.65. The van der Waals surface area contributed by atoms with Crippen LogP contribution in [0.1, 0.15) is 23.6 Å². The third-order valence-electron chi connectivity index (χ3n) is 6.65. The fourth-order valence-corrected chi connectivity index (χ4v) is 4.48. The summed E-state index contributed by atoms with van der Waals surface area (Å²) in [5.41, 5.74) is 2.33. The minimum absolute atomic E-state index is 0.0276. The highest BCUT2D eigenvalue weighted by Gasteiger charge is 2.36. The van der Waals surface area contributed by atoms with Gasteiger partial charge in [-0.2, -0.15) is 0 Å². The Balaban J connectivity index is 1.32. The Hall–Kier alpha value is -5.77. The molecule has 0 spiro atoms. The average molecular weight is 595 g/mol. The maximum atomic E-state index is 13.2. The quantitative estimate of drug-likeness (QED) is 0.169. The molecule has 0 aliphatic carbocycles. The number of imide groups is 2. The second kappa shape index (κ2) is 13.5. The molecule has 1 aliphatic heterocycles. The lowest BCUT2D eigenvalue weighted by Crippen LogP contribution is -2.54. The van der Waals surface area contributed by atoms with Gasteiger partial charge in [0.05, 0.1) is 19.4 Å². The molecule has 0 radical (unpaired) electrons. The molecule has 5 rings (SSSR count). The predicted molar refractivity (Wildman–Crippen MR) is 163 cm³/mol. The molecule has 1 fully saturated rings. The summed E-state index contributed by atoms with van der Waals surface area (Å²) < 4.78 is 23.3. The molecule has 0 aromatic heterocycles. The number of anilines is 1. The Morgan fingerprint density at radius 1 is 0.750 bits per heavy atom. The molecule has 10 heteroatoms. The van der Waals surface area contributed by atoms with Crippen LogP contribution in [0.4, 0.5) is 10.5 Å². The topological polar surface area (TPSA) is 124 Å². The summed E-state index contributed by atoms with van der Waals surface area (Å²) in [6, 6.07) is 25.0. The van der Waals surface area contributed by atoms with Crippen LogP contribution in [0.2, 0.25) is 0 Å². The zero-order valence-corrected chi connectivity index (χ0v) is 24.1. The van der Waals surface area contributed by atoms with E-state index < -0.39 is 17.8 Å². The molecular formula is C34H30N2O8.